The van der Waals surface area contributed by atoms with Gasteiger partial charge in [-0.2, -0.15) is 0 Å². The summed E-state index contributed by atoms with van der Waals surface area (Å²) in [6.45, 7) is 5.92. The minimum absolute atomic E-state index is 0.0589. The van der Waals surface area contributed by atoms with E-state index in [0.717, 1.165) is 12.1 Å². The number of hydrogen-bond acceptors (Lipinski definition) is 2. The summed E-state index contributed by atoms with van der Waals surface area (Å²) < 4.78 is 28.8. The number of hydrogen-bond donors (Lipinski definition) is 0. The van der Waals surface area contributed by atoms with Gasteiger partial charge >= 0.3 is 0 Å². The second-order valence-electron chi connectivity index (χ2n) is 3.88. The van der Waals surface area contributed by atoms with Crippen molar-refractivity contribution in [2.75, 3.05) is 0 Å². The van der Waals surface area contributed by atoms with Crippen LogP contribution in [0.15, 0.2) is 18.2 Å². The van der Waals surface area contributed by atoms with Crippen LogP contribution in [0.25, 0.3) is 0 Å². The topological polar surface area (TPSA) is 26.3 Å². The normalized spacial score (nSPS) is 10.1. The summed E-state index contributed by atoms with van der Waals surface area (Å²) in [7, 11) is 0. The molecule has 2 nitrogen and oxygen atoms in total. The Bertz CT molecular complexity index is 348. The Morgan fingerprint density at radius 3 is 2.12 bits per heavy atom. The summed E-state index contributed by atoms with van der Waals surface area (Å²) in [5.74, 6) is -1.34. The Hall–Kier alpha value is -1.16. The number of carbonyl (C=O) groups is 1. The van der Waals surface area contributed by atoms with Gasteiger partial charge in [-0.1, -0.05) is 11.6 Å². The number of carbonyl (C=O) groups excluding carboxylic acids is 1. The molecular formula is C11H13ClF2O2. The van der Waals surface area contributed by atoms with Crippen molar-refractivity contribution < 1.29 is 18.3 Å². The molecule has 0 saturated heterocycles. The van der Waals surface area contributed by atoms with Gasteiger partial charge in [-0.25, -0.2) is 8.78 Å². The zero-order valence-electron chi connectivity index (χ0n) is 9.26. The Kier molecular flexibility index (Phi) is 5.96. The lowest BCUT2D eigenvalue weighted by Gasteiger charge is -2.14. The van der Waals surface area contributed by atoms with Crippen molar-refractivity contribution in [1.82, 2.24) is 0 Å². The average Bonchev–Trinajstić information content (AvgIpc) is 2.11. The fourth-order valence-electron chi connectivity index (χ4n) is 0.615. The van der Waals surface area contributed by atoms with Crippen molar-refractivity contribution in [1.29, 1.82) is 0 Å². The van der Waals surface area contributed by atoms with Crippen LogP contribution in [0.5, 0.6) is 0 Å². The van der Waals surface area contributed by atoms with Crippen molar-refractivity contribution >= 4 is 18.1 Å². The van der Waals surface area contributed by atoms with Crippen molar-refractivity contribution in [3.63, 3.8) is 0 Å². The molecule has 0 heterocycles. The van der Waals surface area contributed by atoms with Crippen LogP contribution >= 0.6 is 11.6 Å². The molecule has 1 aromatic carbocycles. The van der Waals surface area contributed by atoms with Crippen LogP contribution in [0.1, 0.15) is 20.8 Å². The van der Waals surface area contributed by atoms with Gasteiger partial charge in [0.2, 0.25) is 0 Å². The Labute approximate surface area is 98.2 Å². The molecule has 0 aliphatic heterocycles. The highest BCUT2D eigenvalue weighted by Crippen LogP contribution is 2.13. The quantitative estimate of drug-likeness (QED) is 0.563. The van der Waals surface area contributed by atoms with Crippen LogP contribution in [0.3, 0.4) is 0 Å². The molecule has 0 radical (unpaired) electrons. The van der Waals surface area contributed by atoms with Crippen LogP contribution in [-0.2, 0) is 9.53 Å². The summed E-state index contributed by atoms with van der Waals surface area (Å²) in [6, 6.07) is 3.01. The first kappa shape index (κ1) is 14.8. The standard InChI is InChI=1S/C6H3ClF2.C5H10O2/c7-5-2-1-4(8)3-6(5)9;1-5(2,3)7-4-6/h1-3H;4H,1-3H3. The van der Waals surface area contributed by atoms with Crippen LogP contribution in [-0.4, -0.2) is 12.1 Å². The fraction of sp³-hybridized carbons (Fsp3) is 0.364. The van der Waals surface area contributed by atoms with E-state index in [1.165, 1.54) is 6.07 Å². The third kappa shape index (κ3) is 7.17. The van der Waals surface area contributed by atoms with E-state index in [1.807, 2.05) is 20.8 Å². The van der Waals surface area contributed by atoms with E-state index < -0.39 is 11.6 Å². The largest absolute Gasteiger partial charge is 0.462 e. The van der Waals surface area contributed by atoms with Gasteiger partial charge in [0.05, 0.1) is 5.02 Å². The maximum absolute atomic E-state index is 12.2. The maximum Gasteiger partial charge on any atom is 0.293 e. The summed E-state index contributed by atoms with van der Waals surface area (Å²) in [4.78, 5) is 9.60. The van der Waals surface area contributed by atoms with Crippen molar-refractivity contribution in [3.8, 4) is 0 Å². The monoisotopic (exact) mass is 250 g/mol. The highest BCUT2D eigenvalue weighted by atomic mass is 35.5. The molecule has 0 unspecified atom stereocenters. The molecule has 1 aromatic rings. The lowest BCUT2D eigenvalue weighted by molar-refractivity contribution is -0.138. The van der Waals surface area contributed by atoms with Gasteiger partial charge in [0, 0.05) is 6.07 Å². The lowest BCUT2D eigenvalue weighted by Crippen LogP contribution is -2.17. The molecule has 0 spiro atoms. The van der Waals surface area contributed by atoms with E-state index in [1.54, 1.807) is 0 Å². The minimum atomic E-state index is -0.725. The fourth-order valence-corrected chi connectivity index (χ4v) is 0.732. The molecule has 0 atom stereocenters. The molecule has 0 bridgehead atoms. The zero-order valence-corrected chi connectivity index (χ0v) is 10.0. The number of rotatable bonds is 1. The highest BCUT2D eigenvalue weighted by Gasteiger charge is 2.07. The van der Waals surface area contributed by atoms with E-state index in [0.29, 0.717) is 6.47 Å². The molecule has 0 aliphatic carbocycles. The summed E-state index contributed by atoms with van der Waals surface area (Å²) in [5, 5.41) is -0.0589. The number of ether oxygens (including phenoxy) is 1. The van der Waals surface area contributed by atoms with E-state index in [4.69, 9.17) is 11.6 Å². The summed E-state index contributed by atoms with van der Waals surface area (Å²) in [6.07, 6.45) is 0. The second kappa shape index (κ2) is 6.43. The van der Waals surface area contributed by atoms with Gasteiger partial charge in [0.25, 0.3) is 6.47 Å². The highest BCUT2D eigenvalue weighted by molar-refractivity contribution is 6.30. The molecule has 5 heteroatoms. The zero-order chi connectivity index (χ0) is 12.8. The van der Waals surface area contributed by atoms with Gasteiger partial charge in [-0.15, -0.1) is 0 Å². The van der Waals surface area contributed by atoms with Gasteiger partial charge < -0.3 is 4.74 Å². The first-order chi connectivity index (χ1) is 7.26. The minimum Gasteiger partial charge on any atom is -0.462 e. The summed E-state index contributed by atoms with van der Waals surface area (Å²) in [5.41, 5.74) is -0.318. The third-order valence-corrected chi connectivity index (χ3v) is 1.59. The van der Waals surface area contributed by atoms with Crippen molar-refractivity contribution in [2.45, 2.75) is 26.4 Å². The molecular weight excluding hydrogens is 238 g/mol. The van der Waals surface area contributed by atoms with Crippen LogP contribution < -0.4 is 0 Å². The molecule has 90 valence electrons. The van der Waals surface area contributed by atoms with E-state index in [2.05, 4.69) is 4.74 Å². The van der Waals surface area contributed by atoms with Crippen LogP contribution in [0, 0.1) is 11.6 Å². The van der Waals surface area contributed by atoms with E-state index in [-0.39, 0.29) is 10.6 Å². The van der Waals surface area contributed by atoms with Gasteiger partial charge in [0.1, 0.15) is 17.2 Å². The van der Waals surface area contributed by atoms with E-state index >= 15 is 0 Å². The van der Waals surface area contributed by atoms with Gasteiger partial charge in [-0.3, -0.25) is 4.79 Å². The van der Waals surface area contributed by atoms with E-state index in [9.17, 15) is 13.6 Å². The molecule has 0 amide bonds. The predicted octanol–water partition coefficient (Wildman–Crippen LogP) is 3.58. The second-order valence-corrected chi connectivity index (χ2v) is 4.29. The average molecular weight is 251 g/mol. The molecule has 0 saturated carbocycles. The SMILES string of the molecule is CC(C)(C)OC=O.Fc1ccc(Cl)c(F)c1. The van der Waals surface area contributed by atoms with Gasteiger partial charge in [-0.05, 0) is 32.9 Å². The Balaban J connectivity index is 0.000000293. The maximum atomic E-state index is 12.2. The lowest BCUT2D eigenvalue weighted by atomic mass is 10.2. The molecule has 1 rings (SSSR count). The smallest absolute Gasteiger partial charge is 0.293 e. The molecule has 0 aromatic heterocycles. The number of halogens is 3. The molecule has 0 aliphatic rings. The first-order valence-electron chi connectivity index (χ1n) is 4.48. The first-order valence-corrected chi connectivity index (χ1v) is 4.86. The molecule has 16 heavy (non-hydrogen) atoms. The van der Waals surface area contributed by atoms with Crippen molar-refractivity contribution in [2.24, 2.45) is 0 Å². The third-order valence-electron chi connectivity index (χ3n) is 1.28. The summed E-state index contributed by atoms with van der Waals surface area (Å²) >= 11 is 5.24. The Morgan fingerprint density at radius 2 is 1.88 bits per heavy atom. The Morgan fingerprint density at radius 1 is 1.31 bits per heavy atom. The molecule has 0 N–H and O–H groups in total. The number of benzene rings is 1. The van der Waals surface area contributed by atoms with Crippen LogP contribution in [0.4, 0.5) is 8.78 Å². The van der Waals surface area contributed by atoms with Gasteiger partial charge in [0.15, 0.2) is 0 Å². The van der Waals surface area contributed by atoms with Crippen molar-refractivity contribution in [3.05, 3.63) is 34.9 Å². The molecule has 0 fully saturated rings. The van der Waals surface area contributed by atoms with Crippen LogP contribution in [0.2, 0.25) is 5.02 Å². The predicted molar refractivity (Wildman–Crippen MR) is 58.3 cm³/mol.